The Kier molecular flexibility index (Phi) is 6.09. The molecule has 0 saturated carbocycles. The molecule has 0 bridgehead atoms. The second kappa shape index (κ2) is 7.21. The van der Waals surface area contributed by atoms with Crippen LogP contribution in [0.3, 0.4) is 0 Å². The Morgan fingerprint density at radius 2 is 1.64 bits per heavy atom. The maximum absolute atomic E-state index is 11.9. The van der Waals surface area contributed by atoms with Crippen LogP contribution in [0.15, 0.2) is 29.2 Å². The number of hydrogen-bond donors (Lipinski definition) is 1. The van der Waals surface area contributed by atoms with Crippen molar-refractivity contribution < 1.29 is 21.6 Å². The van der Waals surface area contributed by atoms with Gasteiger partial charge in [0.2, 0.25) is 10.0 Å². The highest BCUT2D eigenvalue weighted by atomic mass is 32.2. The van der Waals surface area contributed by atoms with E-state index < -0.39 is 19.9 Å². The highest BCUT2D eigenvalue weighted by Crippen LogP contribution is 2.10. The van der Waals surface area contributed by atoms with Crippen LogP contribution in [-0.4, -0.2) is 59.7 Å². The van der Waals surface area contributed by atoms with Gasteiger partial charge in [0.15, 0.2) is 9.84 Å². The van der Waals surface area contributed by atoms with Crippen molar-refractivity contribution in [1.29, 1.82) is 0 Å². The molecule has 0 aliphatic carbocycles. The number of carbonyl (C=O) groups is 1. The first-order chi connectivity index (χ1) is 10.0. The third-order valence-electron chi connectivity index (χ3n) is 3.05. The molecule has 0 aliphatic rings. The molecule has 0 aromatic heterocycles. The highest BCUT2D eigenvalue weighted by Gasteiger charge is 2.11. The number of benzene rings is 1. The van der Waals surface area contributed by atoms with Crippen molar-refractivity contribution in [2.75, 3.05) is 32.6 Å². The van der Waals surface area contributed by atoms with Gasteiger partial charge in [-0.15, -0.1) is 0 Å². The lowest BCUT2D eigenvalue weighted by Gasteiger charge is -2.13. The number of sulfonamides is 1. The fraction of sp³-hybridized carbons (Fsp3) is 0.462. The average Bonchev–Trinajstić information content (AvgIpc) is 2.41. The van der Waals surface area contributed by atoms with Crippen LogP contribution in [0.2, 0.25) is 0 Å². The van der Waals surface area contributed by atoms with Crippen LogP contribution in [0, 0.1) is 0 Å². The number of carbonyl (C=O) groups excluding carboxylic acids is 1. The molecule has 1 aromatic rings. The molecule has 0 atom stereocenters. The normalized spacial score (nSPS) is 12.4. The summed E-state index contributed by atoms with van der Waals surface area (Å²) in [6.45, 7) is 0.638. The van der Waals surface area contributed by atoms with Gasteiger partial charge in [0.1, 0.15) is 0 Å². The standard InChI is InChI=1S/C13H20N2O5S2/c1-15(22(3,19)20)10-4-9-14-13(16)11-5-7-12(8-6-11)21(2,17)18/h5-8H,4,9-10H2,1-3H3,(H,14,16). The van der Waals surface area contributed by atoms with Crippen molar-refractivity contribution >= 4 is 25.8 Å². The summed E-state index contributed by atoms with van der Waals surface area (Å²) in [6.07, 6.45) is 2.70. The van der Waals surface area contributed by atoms with E-state index in [1.54, 1.807) is 0 Å². The zero-order chi connectivity index (χ0) is 17.0. The van der Waals surface area contributed by atoms with E-state index >= 15 is 0 Å². The molecule has 1 rings (SSSR count). The van der Waals surface area contributed by atoms with Crippen LogP contribution in [0.4, 0.5) is 0 Å². The molecule has 124 valence electrons. The Morgan fingerprint density at radius 3 is 2.09 bits per heavy atom. The number of sulfone groups is 1. The Hall–Kier alpha value is -1.45. The van der Waals surface area contributed by atoms with Crippen molar-refractivity contribution in [3.05, 3.63) is 29.8 Å². The third kappa shape index (κ3) is 5.74. The second-order valence-corrected chi connectivity index (χ2v) is 9.10. The maximum Gasteiger partial charge on any atom is 0.251 e. The Labute approximate surface area is 131 Å². The van der Waals surface area contributed by atoms with Gasteiger partial charge in [0, 0.05) is 32.0 Å². The Morgan fingerprint density at radius 1 is 1.09 bits per heavy atom. The van der Waals surface area contributed by atoms with Crippen molar-refractivity contribution in [2.24, 2.45) is 0 Å². The molecule has 0 saturated heterocycles. The molecule has 9 heteroatoms. The summed E-state index contributed by atoms with van der Waals surface area (Å²) in [5, 5.41) is 2.65. The Bertz CT molecular complexity index is 724. The molecule has 1 amide bonds. The van der Waals surface area contributed by atoms with Gasteiger partial charge >= 0.3 is 0 Å². The lowest BCUT2D eigenvalue weighted by molar-refractivity contribution is 0.0952. The van der Waals surface area contributed by atoms with Gasteiger partial charge in [-0.25, -0.2) is 21.1 Å². The number of hydrogen-bond acceptors (Lipinski definition) is 5. The van der Waals surface area contributed by atoms with Gasteiger partial charge in [0.25, 0.3) is 5.91 Å². The van der Waals surface area contributed by atoms with Crippen LogP contribution in [-0.2, 0) is 19.9 Å². The van der Waals surface area contributed by atoms with E-state index in [1.807, 2.05) is 0 Å². The Balaban J connectivity index is 2.50. The van der Waals surface area contributed by atoms with Crippen LogP contribution in [0.1, 0.15) is 16.8 Å². The summed E-state index contributed by atoms with van der Waals surface area (Å²) < 4.78 is 46.2. The quantitative estimate of drug-likeness (QED) is 0.705. The van der Waals surface area contributed by atoms with Gasteiger partial charge in [-0.1, -0.05) is 0 Å². The molecular formula is C13H20N2O5S2. The molecule has 0 spiro atoms. The molecule has 0 aliphatic heterocycles. The number of amides is 1. The monoisotopic (exact) mass is 348 g/mol. The SMILES string of the molecule is CN(CCCNC(=O)c1ccc(S(C)(=O)=O)cc1)S(C)(=O)=O. The summed E-state index contributed by atoms with van der Waals surface area (Å²) in [7, 11) is -5.02. The first kappa shape index (κ1) is 18.6. The van der Waals surface area contributed by atoms with E-state index in [-0.39, 0.29) is 10.8 Å². The molecule has 0 heterocycles. The number of nitrogens with one attached hydrogen (secondary N) is 1. The summed E-state index contributed by atoms with van der Waals surface area (Å²) in [5.41, 5.74) is 0.351. The minimum atomic E-state index is -3.28. The molecular weight excluding hydrogens is 328 g/mol. The smallest absolute Gasteiger partial charge is 0.251 e. The van der Waals surface area contributed by atoms with Gasteiger partial charge in [-0.3, -0.25) is 4.79 Å². The van der Waals surface area contributed by atoms with Crippen molar-refractivity contribution in [3.63, 3.8) is 0 Å². The predicted octanol–water partition coefficient (Wildman–Crippen LogP) is 0.101. The van der Waals surface area contributed by atoms with Crippen molar-refractivity contribution in [1.82, 2.24) is 9.62 Å². The van der Waals surface area contributed by atoms with Crippen molar-refractivity contribution in [3.8, 4) is 0 Å². The van der Waals surface area contributed by atoms with Gasteiger partial charge in [0.05, 0.1) is 11.2 Å². The van der Waals surface area contributed by atoms with E-state index in [4.69, 9.17) is 0 Å². The fourth-order valence-electron chi connectivity index (χ4n) is 1.63. The van der Waals surface area contributed by atoms with Crippen LogP contribution in [0.25, 0.3) is 0 Å². The third-order valence-corrected chi connectivity index (χ3v) is 5.49. The van der Waals surface area contributed by atoms with Gasteiger partial charge in [-0.05, 0) is 30.7 Å². The molecule has 1 aromatic carbocycles. The van der Waals surface area contributed by atoms with E-state index in [0.29, 0.717) is 25.1 Å². The molecule has 22 heavy (non-hydrogen) atoms. The fourth-order valence-corrected chi connectivity index (χ4v) is 2.72. The number of rotatable bonds is 7. The summed E-state index contributed by atoms with van der Waals surface area (Å²) in [5.74, 6) is -0.331. The van der Waals surface area contributed by atoms with E-state index in [9.17, 15) is 21.6 Å². The van der Waals surface area contributed by atoms with Gasteiger partial charge < -0.3 is 5.32 Å². The predicted molar refractivity (Wildman–Crippen MR) is 84.0 cm³/mol. The minimum absolute atomic E-state index is 0.152. The first-order valence-electron chi connectivity index (χ1n) is 6.51. The van der Waals surface area contributed by atoms with Gasteiger partial charge in [-0.2, -0.15) is 0 Å². The van der Waals surface area contributed by atoms with Crippen molar-refractivity contribution in [2.45, 2.75) is 11.3 Å². The number of nitrogens with zero attached hydrogens (tertiary/aromatic N) is 1. The molecule has 0 fully saturated rings. The van der Waals surface area contributed by atoms with Crippen LogP contribution >= 0.6 is 0 Å². The first-order valence-corrected chi connectivity index (χ1v) is 10.3. The summed E-state index contributed by atoms with van der Waals surface area (Å²) in [4.78, 5) is 12.0. The second-order valence-electron chi connectivity index (χ2n) is 4.99. The minimum Gasteiger partial charge on any atom is -0.352 e. The van der Waals surface area contributed by atoms with E-state index in [1.165, 1.54) is 35.6 Å². The van der Waals surface area contributed by atoms with E-state index in [2.05, 4.69) is 5.32 Å². The molecule has 7 nitrogen and oxygen atoms in total. The van der Waals surface area contributed by atoms with Crippen LogP contribution < -0.4 is 5.32 Å². The highest BCUT2D eigenvalue weighted by molar-refractivity contribution is 7.90. The lowest BCUT2D eigenvalue weighted by atomic mass is 10.2. The lowest BCUT2D eigenvalue weighted by Crippen LogP contribution is -2.30. The molecule has 0 radical (unpaired) electrons. The zero-order valence-corrected chi connectivity index (χ0v) is 14.4. The topological polar surface area (TPSA) is 101 Å². The zero-order valence-electron chi connectivity index (χ0n) is 12.7. The molecule has 1 N–H and O–H groups in total. The largest absolute Gasteiger partial charge is 0.352 e. The summed E-state index contributed by atoms with van der Waals surface area (Å²) in [6, 6.07) is 5.63. The van der Waals surface area contributed by atoms with Crippen LogP contribution in [0.5, 0.6) is 0 Å². The maximum atomic E-state index is 11.9. The summed E-state index contributed by atoms with van der Waals surface area (Å²) >= 11 is 0. The molecule has 0 unspecified atom stereocenters. The average molecular weight is 348 g/mol. The van der Waals surface area contributed by atoms with E-state index in [0.717, 1.165) is 12.5 Å².